The maximum atomic E-state index is 12.2. The highest BCUT2D eigenvalue weighted by atomic mass is 16.2. The molecule has 1 aromatic carbocycles. The first-order chi connectivity index (χ1) is 8.70. The molecule has 1 fully saturated rings. The summed E-state index contributed by atoms with van der Waals surface area (Å²) >= 11 is 0. The van der Waals surface area contributed by atoms with Gasteiger partial charge in [-0.25, -0.2) is 4.79 Å². The SMILES string of the molecule is Cc1ccc(N(CCCN)C(=O)NC2CC2)cc1. The molecule has 2 rings (SSSR count). The van der Waals surface area contributed by atoms with Gasteiger partial charge in [0.05, 0.1) is 0 Å². The maximum absolute atomic E-state index is 12.2. The highest BCUT2D eigenvalue weighted by Crippen LogP contribution is 2.21. The zero-order valence-corrected chi connectivity index (χ0v) is 10.9. The van der Waals surface area contributed by atoms with Gasteiger partial charge in [-0.3, -0.25) is 4.90 Å². The van der Waals surface area contributed by atoms with Crippen molar-refractivity contribution in [2.45, 2.75) is 32.2 Å². The summed E-state index contributed by atoms with van der Waals surface area (Å²) in [5, 5.41) is 3.02. The summed E-state index contributed by atoms with van der Waals surface area (Å²) in [5.41, 5.74) is 7.67. The van der Waals surface area contributed by atoms with Crippen LogP contribution in [0.25, 0.3) is 0 Å². The second kappa shape index (κ2) is 5.87. The molecule has 0 atom stereocenters. The molecule has 1 aromatic rings. The van der Waals surface area contributed by atoms with Crippen LogP contribution in [0.1, 0.15) is 24.8 Å². The molecule has 1 aliphatic rings. The fourth-order valence-corrected chi connectivity index (χ4v) is 1.80. The molecular weight excluding hydrogens is 226 g/mol. The zero-order chi connectivity index (χ0) is 13.0. The number of benzene rings is 1. The molecule has 0 saturated heterocycles. The van der Waals surface area contributed by atoms with Crippen LogP contribution < -0.4 is 16.0 Å². The Morgan fingerprint density at radius 3 is 2.61 bits per heavy atom. The third-order valence-electron chi connectivity index (χ3n) is 3.08. The van der Waals surface area contributed by atoms with Crippen LogP contribution in [0.5, 0.6) is 0 Å². The number of urea groups is 1. The maximum Gasteiger partial charge on any atom is 0.322 e. The van der Waals surface area contributed by atoms with Crippen molar-refractivity contribution < 1.29 is 4.79 Å². The van der Waals surface area contributed by atoms with Crippen LogP contribution in [0.2, 0.25) is 0 Å². The lowest BCUT2D eigenvalue weighted by molar-refractivity contribution is 0.246. The number of nitrogens with two attached hydrogens (primary N) is 1. The van der Waals surface area contributed by atoms with Crippen LogP contribution in [0.3, 0.4) is 0 Å². The van der Waals surface area contributed by atoms with Crippen molar-refractivity contribution >= 4 is 11.7 Å². The van der Waals surface area contributed by atoms with Gasteiger partial charge in [0, 0.05) is 18.3 Å². The number of hydrogen-bond donors (Lipinski definition) is 2. The van der Waals surface area contributed by atoms with Crippen molar-refractivity contribution in [3.63, 3.8) is 0 Å². The molecular formula is C14H21N3O. The van der Waals surface area contributed by atoms with Gasteiger partial charge in [0.25, 0.3) is 0 Å². The molecule has 4 nitrogen and oxygen atoms in total. The molecule has 3 N–H and O–H groups in total. The number of aryl methyl sites for hydroxylation is 1. The lowest BCUT2D eigenvalue weighted by atomic mass is 10.2. The Morgan fingerprint density at radius 2 is 2.06 bits per heavy atom. The van der Waals surface area contributed by atoms with E-state index in [0.29, 0.717) is 19.1 Å². The van der Waals surface area contributed by atoms with E-state index in [4.69, 9.17) is 5.73 Å². The van der Waals surface area contributed by atoms with Gasteiger partial charge in [0.2, 0.25) is 0 Å². The lowest BCUT2D eigenvalue weighted by Crippen LogP contribution is -2.42. The number of nitrogens with zero attached hydrogens (tertiary/aromatic N) is 1. The highest BCUT2D eigenvalue weighted by Gasteiger charge is 2.26. The Labute approximate surface area is 108 Å². The largest absolute Gasteiger partial charge is 0.335 e. The molecule has 0 bridgehead atoms. The van der Waals surface area contributed by atoms with Gasteiger partial charge in [0.15, 0.2) is 0 Å². The smallest absolute Gasteiger partial charge is 0.322 e. The van der Waals surface area contributed by atoms with E-state index >= 15 is 0 Å². The van der Waals surface area contributed by atoms with Crippen molar-refractivity contribution in [2.24, 2.45) is 5.73 Å². The van der Waals surface area contributed by atoms with E-state index < -0.39 is 0 Å². The highest BCUT2D eigenvalue weighted by molar-refractivity contribution is 5.92. The van der Waals surface area contributed by atoms with Crippen LogP contribution in [0.15, 0.2) is 24.3 Å². The number of anilines is 1. The predicted octanol–water partition coefficient (Wildman–Crippen LogP) is 2.02. The number of carbonyl (C=O) groups excluding carboxylic acids is 1. The van der Waals surface area contributed by atoms with Crippen LogP contribution in [0.4, 0.5) is 10.5 Å². The van der Waals surface area contributed by atoms with Crippen molar-refractivity contribution in [3.05, 3.63) is 29.8 Å². The molecule has 98 valence electrons. The Morgan fingerprint density at radius 1 is 1.39 bits per heavy atom. The molecule has 0 aromatic heterocycles. The third kappa shape index (κ3) is 3.47. The van der Waals surface area contributed by atoms with Gasteiger partial charge >= 0.3 is 6.03 Å². The Kier molecular flexibility index (Phi) is 4.20. The summed E-state index contributed by atoms with van der Waals surface area (Å²) in [6, 6.07) is 8.39. The number of nitrogens with one attached hydrogen (secondary N) is 1. The van der Waals surface area contributed by atoms with Crippen LogP contribution in [-0.4, -0.2) is 25.2 Å². The van der Waals surface area contributed by atoms with Gasteiger partial charge in [-0.2, -0.15) is 0 Å². The number of hydrogen-bond acceptors (Lipinski definition) is 2. The van der Waals surface area contributed by atoms with Gasteiger partial charge in [-0.15, -0.1) is 0 Å². The minimum atomic E-state index is -0.00481. The molecule has 1 saturated carbocycles. The number of rotatable bonds is 5. The molecule has 4 heteroatoms. The monoisotopic (exact) mass is 247 g/mol. The Balaban J connectivity index is 2.07. The van der Waals surface area contributed by atoms with Gasteiger partial charge in [-0.05, 0) is 44.9 Å². The van der Waals surface area contributed by atoms with Crippen molar-refractivity contribution in [1.29, 1.82) is 0 Å². The van der Waals surface area contributed by atoms with Gasteiger partial charge in [-0.1, -0.05) is 17.7 Å². The summed E-state index contributed by atoms with van der Waals surface area (Å²) < 4.78 is 0. The molecule has 1 aliphatic carbocycles. The van der Waals surface area contributed by atoms with Crippen LogP contribution in [-0.2, 0) is 0 Å². The predicted molar refractivity (Wildman–Crippen MR) is 73.8 cm³/mol. The van der Waals surface area contributed by atoms with E-state index in [9.17, 15) is 4.79 Å². The quantitative estimate of drug-likeness (QED) is 0.836. The first-order valence-electron chi connectivity index (χ1n) is 6.55. The van der Waals surface area contributed by atoms with Crippen LogP contribution in [0, 0.1) is 6.92 Å². The minimum Gasteiger partial charge on any atom is -0.335 e. The molecule has 0 spiro atoms. The average Bonchev–Trinajstić information content (AvgIpc) is 3.16. The fourth-order valence-electron chi connectivity index (χ4n) is 1.80. The second-order valence-electron chi connectivity index (χ2n) is 4.85. The number of carbonyl (C=O) groups is 1. The van der Waals surface area contributed by atoms with E-state index in [-0.39, 0.29) is 6.03 Å². The first-order valence-corrected chi connectivity index (χ1v) is 6.55. The minimum absolute atomic E-state index is 0.00481. The molecule has 0 heterocycles. The number of amides is 2. The summed E-state index contributed by atoms with van der Waals surface area (Å²) in [5.74, 6) is 0. The van der Waals surface area contributed by atoms with E-state index in [1.54, 1.807) is 4.90 Å². The fraction of sp³-hybridized carbons (Fsp3) is 0.500. The zero-order valence-electron chi connectivity index (χ0n) is 10.9. The molecule has 0 unspecified atom stereocenters. The average molecular weight is 247 g/mol. The van der Waals surface area contributed by atoms with E-state index in [2.05, 4.69) is 5.32 Å². The lowest BCUT2D eigenvalue weighted by Gasteiger charge is -2.23. The van der Waals surface area contributed by atoms with Crippen molar-refractivity contribution in [2.75, 3.05) is 18.0 Å². The van der Waals surface area contributed by atoms with Gasteiger partial charge in [0.1, 0.15) is 0 Å². The Bertz CT molecular complexity index is 398. The van der Waals surface area contributed by atoms with Crippen LogP contribution >= 0.6 is 0 Å². The molecule has 2 amide bonds. The molecule has 0 aliphatic heterocycles. The van der Waals surface area contributed by atoms with Crippen molar-refractivity contribution in [1.82, 2.24) is 5.32 Å². The standard InChI is InChI=1S/C14H21N3O/c1-11-3-7-13(8-4-11)17(10-2-9-15)14(18)16-12-5-6-12/h3-4,7-8,12H,2,5-6,9-10,15H2,1H3,(H,16,18). The second-order valence-corrected chi connectivity index (χ2v) is 4.85. The molecule has 18 heavy (non-hydrogen) atoms. The van der Waals surface area contributed by atoms with E-state index in [1.807, 2.05) is 31.2 Å². The van der Waals surface area contributed by atoms with Gasteiger partial charge < -0.3 is 11.1 Å². The third-order valence-corrected chi connectivity index (χ3v) is 3.08. The first kappa shape index (κ1) is 12.9. The summed E-state index contributed by atoms with van der Waals surface area (Å²) in [4.78, 5) is 13.9. The van der Waals surface area contributed by atoms with E-state index in [0.717, 1.165) is 24.9 Å². The topological polar surface area (TPSA) is 58.4 Å². The summed E-state index contributed by atoms with van der Waals surface area (Å²) in [7, 11) is 0. The summed E-state index contributed by atoms with van der Waals surface area (Å²) in [6.45, 7) is 3.30. The Hall–Kier alpha value is -1.55. The molecule has 0 radical (unpaired) electrons. The normalized spacial score (nSPS) is 14.3. The summed E-state index contributed by atoms with van der Waals surface area (Å²) in [6.07, 6.45) is 3.01. The van der Waals surface area contributed by atoms with Crippen molar-refractivity contribution in [3.8, 4) is 0 Å². The van der Waals surface area contributed by atoms with E-state index in [1.165, 1.54) is 5.56 Å².